The van der Waals surface area contributed by atoms with Gasteiger partial charge in [0.15, 0.2) is 0 Å². The molecule has 0 aromatic heterocycles. The molecule has 0 spiro atoms. The summed E-state index contributed by atoms with van der Waals surface area (Å²) in [5.41, 5.74) is 0. The zero-order valence-corrected chi connectivity index (χ0v) is 37.9. The molecule has 0 aromatic carbocycles. The molecule has 0 fully saturated rings. The van der Waals surface area contributed by atoms with Gasteiger partial charge in [-0.2, -0.15) is 0 Å². The van der Waals surface area contributed by atoms with E-state index in [0.717, 1.165) is 38.4 Å². The molecule has 0 aliphatic rings. The Morgan fingerprint density at radius 2 is 0.709 bits per heavy atom. The lowest BCUT2D eigenvalue weighted by atomic mass is 9.90. The Morgan fingerprint density at radius 3 is 1.09 bits per heavy atom. The smallest absolute Gasteiger partial charge is 0.306 e. The van der Waals surface area contributed by atoms with Crippen molar-refractivity contribution in [2.45, 2.75) is 246 Å². The molecule has 6 nitrogen and oxygen atoms in total. The molecule has 0 bridgehead atoms. The molecule has 0 aromatic rings. The molecule has 0 saturated carbocycles. The van der Waals surface area contributed by atoms with E-state index in [9.17, 15) is 9.59 Å². The molecule has 2 N–H and O–H groups in total. The summed E-state index contributed by atoms with van der Waals surface area (Å²) in [4.78, 5) is 25.0. The molecule has 0 rings (SSSR count). The van der Waals surface area contributed by atoms with Crippen LogP contribution in [0.25, 0.3) is 0 Å². The number of nitrogens with one attached hydrogen (secondary N) is 2. The highest BCUT2D eigenvalue weighted by Crippen LogP contribution is 2.25. The standard InChI is InChI=1S/C49H98N2O4/c1-6-10-22-33-46(34-23-11-7-2)43-48(52)54-41-28-20-16-14-18-26-31-45(37-30-38-51-40-39-50-5)32-27-19-15-17-21-29-42-55-49(53)44-47(35-24-12-8-3)36-25-13-9-4/h45-47,50-51H,6-44H2,1-5H3. The summed E-state index contributed by atoms with van der Waals surface area (Å²) in [6.07, 6.45) is 41.2. The van der Waals surface area contributed by atoms with E-state index in [1.807, 2.05) is 7.05 Å². The largest absolute Gasteiger partial charge is 0.466 e. The van der Waals surface area contributed by atoms with Crippen molar-refractivity contribution in [2.24, 2.45) is 17.8 Å². The Balaban J connectivity index is 4.19. The zero-order valence-electron chi connectivity index (χ0n) is 37.9. The lowest BCUT2D eigenvalue weighted by molar-refractivity contribution is -0.146. The summed E-state index contributed by atoms with van der Waals surface area (Å²) < 4.78 is 11.3. The van der Waals surface area contributed by atoms with Gasteiger partial charge in [-0.25, -0.2) is 0 Å². The van der Waals surface area contributed by atoms with Crippen LogP contribution in [0.3, 0.4) is 0 Å². The van der Waals surface area contributed by atoms with Gasteiger partial charge >= 0.3 is 11.9 Å². The van der Waals surface area contributed by atoms with Gasteiger partial charge in [-0.05, 0) is 82.7 Å². The maximum Gasteiger partial charge on any atom is 0.306 e. The highest BCUT2D eigenvalue weighted by molar-refractivity contribution is 5.70. The van der Waals surface area contributed by atoms with Gasteiger partial charge in [-0.15, -0.1) is 0 Å². The summed E-state index contributed by atoms with van der Waals surface area (Å²) >= 11 is 0. The number of hydrogen-bond donors (Lipinski definition) is 2. The van der Waals surface area contributed by atoms with E-state index in [4.69, 9.17) is 9.47 Å². The quantitative estimate of drug-likeness (QED) is 0.0474. The fourth-order valence-corrected chi connectivity index (χ4v) is 8.16. The molecule has 0 saturated heterocycles. The van der Waals surface area contributed by atoms with Crippen molar-refractivity contribution in [1.82, 2.24) is 10.6 Å². The summed E-state index contributed by atoms with van der Waals surface area (Å²) in [5.74, 6) is 1.95. The van der Waals surface area contributed by atoms with Crippen molar-refractivity contribution in [3.63, 3.8) is 0 Å². The van der Waals surface area contributed by atoms with Gasteiger partial charge in [0.2, 0.25) is 0 Å². The van der Waals surface area contributed by atoms with Crippen LogP contribution in [0.4, 0.5) is 0 Å². The van der Waals surface area contributed by atoms with E-state index in [0.29, 0.717) is 37.9 Å². The SMILES string of the molecule is CCCCCC(CCCCC)CC(=O)OCCCCCCCCC(CCCCCCCCOC(=O)CC(CCCCC)CCCCC)CCCNCCNC. The van der Waals surface area contributed by atoms with Gasteiger partial charge < -0.3 is 20.1 Å². The summed E-state index contributed by atoms with van der Waals surface area (Å²) in [5, 5.41) is 6.82. The van der Waals surface area contributed by atoms with Crippen LogP contribution in [-0.2, 0) is 19.1 Å². The third-order valence-corrected chi connectivity index (χ3v) is 11.8. The molecule has 0 aliphatic carbocycles. The number of esters is 2. The van der Waals surface area contributed by atoms with E-state index in [2.05, 4.69) is 38.3 Å². The van der Waals surface area contributed by atoms with E-state index in [1.165, 1.54) is 193 Å². The maximum atomic E-state index is 12.5. The lowest BCUT2D eigenvalue weighted by Gasteiger charge is -2.17. The molecular weight excluding hydrogens is 681 g/mol. The summed E-state index contributed by atoms with van der Waals surface area (Å²) in [7, 11) is 2.02. The van der Waals surface area contributed by atoms with Crippen molar-refractivity contribution in [2.75, 3.05) is 39.9 Å². The molecule has 328 valence electrons. The number of unbranched alkanes of at least 4 members (excludes halogenated alkanes) is 18. The number of carbonyl (C=O) groups is 2. The predicted octanol–water partition coefficient (Wildman–Crippen LogP) is 14.1. The molecule has 0 atom stereocenters. The van der Waals surface area contributed by atoms with E-state index in [-0.39, 0.29) is 11.9 Å². The Bertz CT molecular complexity index is 717. The van der Waals surface area contributed by atoms with Crippen molar-refractivity contribution >= 4 is 11.9 Å². The Labute approximate surface area is 344 Å². The highest BCUT2D eigenvalue weighted by Gasteiger charge is 2.16. The van der Waals surface area contributed by atoms with Crippen LogP contribution in [0, 0.1) is 17.8 Å². The normalized spacial score (nSPS) is 11.7. The van der Waals surface area contributed by atoms with E-state index < -0.39 is 0 Å². The van der Waals surface area contributed by atoms with Gasteiger partial charge in [0, 0.05) is 25.9 Å². The van der Waals surface area contributed by atoms with Crippen LogP contribution in [0.1, 0.15) is 246 Å². The molecule has 6 heteroatoms. The van der Waals surface area contributed by atoms with Gasteiger partial charge in [-0.1, -0.05) is 182 Å². The number of hydrogen-bond acceptors (Lipinski definition) is 6. The van der Waals surface area contributed by atoms with E-state index in [1.54, 1.807) is 0 Å². The minimum Gasteiger partial charge on any atom is -0.466 e. The van der Waals surface area contributed by atoms with Crippen LogP contribution in [-0.4, -0.2) is 51.8 Å². The molecule has 0 aliphatic heterocycles. The second-order valence-corrected chi connectivity index (χ2v) is 17.2. The Morgan fingerprint density at radius 1 is 0.382 bits per heavy atom. The van der Waals surface area contributed by atoms with Crippen LogP contribution >= 0.6 is 0 Å². The van der Waals surface area contributed by atoms with Crippen molar-refractivity contribution < 1.29 is 19.1 Å². The molecular formula is C49H98N2O4. The van der Waals surface area contributed by atoms with Gasteiger partial charge in [0.25, 0.3) is 0 Å². The average molecular weight is 779 g/mol. The van der Waals surface area contributed by atoms with Gasteiger partial charge in [0.1, 0.15) is 0 Å². The first kappa shape index (κ1) is 53.9. The summed E-state index contributed by atoms with van der Waals surface area (Å²) in [6.45, 7) is 13.4. The first-order chi connectivity index (χ1) is 27.0. The third kappa shape index (κ3) is 39.5. The lowest BCUT2D eigenvalue weighted by Crippen LogP contribution is -2.25. The second kappa shape index (κ2) is 44.0. The van der Waals surface area contributed by atoms with Gasteiger partial charge in [0.05, 0.1) is 13.2 Å². The number of carbonyl (C=O) groups excluding carboxylic acids is 2. The monoisotopic (exact) mass is 779 g/mol. The Hall–Kier alpha value is -1.14. The topological polar surface area (TPSA) is 76.7 Å². The van der Waals surface area contributed by atoms with Crippen LogP contribution in [0.15, 0.2) is 0 Å². The van der Waals surface area contributed by atoms with Crippen molar-refractivity contribution in [3.05, 3.63) is 0 Å². The fraction of sp³-hybridized carbons (Fsp3) is 0.959. The predicted molar refractivity (Wildman–Crippen MR) is 239 cm³/mol. The van der Waals surface area contributed by atoms with Crippen LogP contribution in [0.2, 0.25) is 0 Å². The zero-order chi connectivity index (χ0) is 40.3. The summed E-state index contributed by atoms with van der Waals surface area (Å²) in [6, 6.07) is 0. The molecule has 0 heterocycles. The molecule has 0 amide bonds. The maximum absolute atomic E-state index is 12.5. The number of ether oxygens (including phenoxy) is 2. The molecule has 0 radical (unpaired) electrons. The minimum atomic E-state index is 0.0358. The first-order valence-electron chi connectivity index (χ1n) is 24.7. The van der Waals surface area contributed by atoms with Crippen LogP contribution in [0.5, 0.6) is 0 Å². The third-order valence-electron chi connectivity index (χ3n) is 11.8. The average Bonchev–Trinajstić information content (AvgIpc) is 3.17. The number of rotatable bonds is 45. The second-order valence-electron chi connectivity index (χ2n) is 17.2. The minimum absolute atomic E-state index is 0.0358. The fourth-order valence-electron chi connectivity index (χ4n) is 8.16. The van der Waals surface area contributed by atoms with Crippen LogP contribution < -0.4 is 10.6 Å². The van der Waals surface area contributed by atoms with Crippen molar-refractivity contribution in [1.29, 1.82) is 0 Å². The number of likely N-dealkylation sites (N-methyl/N-ethyl adjacent to an activating group) is 1. The highest BCUT2D eigenvalue weighted by atomic mass is 16.5. The molecule has 0 unspecified atom stereocenters. The molecule has 55 heavy (non-hydrogen) atoms. The van der Waals surface area contributed by atoms with Gasteiger partial charge in [-0.3, -0.25) is 9.59 Å². The first-order valence-corrected chi connectivity index (χ1v) is 24.7. The Kier molecular flexibility index (Phi) is 43.1. The van der Waals surface area contributed by atoms with E-state index >= 15 is 0 Å². The van der Waals surface area contributed by atoms with Crippen molar-refractivity contribution in [3.8, 4) is 0 Å².